The molecule has 0 bridgehead atoms. The molecule has 0 unspecified atom stereocenters. The summed E-state index contributed by atoms with van der Waals surface area (Å²) >= 11 is 11.9. The van der Waals surface area contributed by atoms with E-state index in [2.05, 4.69) is 5.32 Å². The smallest absolute Gasteiger partial charge is 0.280 e. The molecule has 8 nitrogen and oxygen atoms in total. The average Bonchev–Trinajstić information content (AvgIpc) is 2.68. The van der Waals surface area contributed by atoms with Gasteiger partial charge in [0.1, 0.15) is 11.6 Å². The predicted octanol–water partition coefficient (Wildman–Crippen LogP) is 4.46. The molecular formula is C18H13Cl2N3O5. The molecule has 0 fully saturated rings. The monoisotopic (exact) mass is 421 g/mol. The van der Waals surface area contributed by atoms with Crippen molar-refractivity contribution in [2.45, 2.75) is 0 Å². The molecule has 2 aromatic carbocycles. The molecule has 0 aliphatic rings. The fraction of sp³-hybridized carbons (Fsp3) is 0.111. The molecule has 0 saturated heterocycles. The number of anilines is 1. The number of hydrogen-bond donors (Lipinski definition) is 1. The molecule has 144 valence electrons. The average molecular weight is 422 g/mol. The minimum absolute atomic E-state index is 0.00783. The first-order valence-electron chi connectivity index (χ1n) is 7.60. The Morgan fingerprint density at radius 1 is 1.25 bits per heavy atom. The van der Waals surface area contributed by atoms with Crippen molar-refractivity contribution in [3.05, 3.63) is 61.6 Å². The van der Waals surface area contributed by atoms with Crippen LogP contribution in [0.3, 0.4) is 0 Å². The van der Waals surface area contributed by atoms with Gasteiger partial charge in [-0.05, 0) is 24.3 Å². The fourth-order valence-electron chi connectivity index (χ4n) is 2.25. The number of nitro benzene ring substituents is 1. The summed E-state index contributed by atoms with van der Waals surface area (Å²) in [5, 5.41) is 23.5. The first-order chi connectivity index (χ1) is 13.3. The number of nitrogens with zero attached hydrogens (tertiary/aromatic N) is 2. The number of rotatable bonds is 6. The highest BCUT2D eigenvalue weighted by Gasteiger charge is 2.20. The molecule has 0 spiro atoms. The number of amides is 1. The van der Waals surface area contributed by atoms with E-state index >= 15 is 0 Å². The number of benzene rings is 2. The molecule has 2 aromatic rings. The number of halogens is 2. The first-order valence-corrected chi connectivity index (χ1v) is 8.35. The van der Waals surface area contributed by atoms with Gasteiger partial charge in [0.05, 0.1) is 46.5 Å². The molecule has 10 heteroatoms. The Hall–Kier alpha value is -3.28. The van der Waals surface area contributed by atoms with Gasteiger partial charge in [0.2, 0.25) is 0 Å². The van der Waals surface area contributed by atoms with E-state index in [4.69, 9.17) is 32.7 Å². The van der Waals surface area contributed by atoms with Crippen LogP contribution in [0.25, 0.3) is 6.08 Å². The van der Waals surface area contributed by atoms with Gasteiger partial charge < -0.3 is 14.8 Å². The number of nitro groups is 1. The largest absolute Gasteiger partial charge is 0.493 e. The molecule has 0 aliphatic heterocycles. The van der Waals surface area contributed by atoms with E-state index in [0.717, 1.165) is 12.1 Å². The zero-order valence-electron chi connectivity index (χ0n) is 14.7. The highest BCUT2D eigenvalue weighted by atomic mass is 35.5. The van der Waals surface area contributed by atoms with Crippen LogP contribution in [-0.2, 0) is 4.79 Å². The van der Waals surface area contributed by atoms with Crippen LogP contribution in [0, 0.1) is 21.4 Å². The molecule has 0 aromatic heterocycles. The lowest BCUT2D eigenvalue weighted by molar-refractivity contribution is -0.385. The Bertz CT molecular complexity index is 1020. The summed E-state index contributed by atoms with van der Waals surface area (Å²) in [6, 6.07) is 8.76. The topological polar surface area (TPSA) is 114 Å². The quantitative estimate of drug-likeness (QED) is 0.318. The normalized spacial score (nSPS) is 10.8. The summed E-state index contributed by atoms with van der Waals surface area (Å²) in [6.45, 7) is 0. The van der Waals surface area contributed by atoms with Crippen molar-refractivity contribution < 1.29 is 19.2 Å². The second-order valence-electron chi connectivity index (χ2n) is 5.25. The van der Waals surface area contributed by atoms with Crippen LogP contribution in [-0.4, -0.2) is 25.1 Å². The third-order valence-corrected chi connectivity index (χ3v) is 4.41. The maximum atomic E-state index is 12.4. The van der Waals surface area contributed by atoms with Crippen molar-refractivity contribution in [1.82, 2.24) is 0 Å². The maximum absolute atomic E-state index is 12.4. The molecule has 0 aliphatic carbocycles. The first kappa shape index (κ1) is 21.0. The van der Waals surface area contributed by atoms with Gasteiger partial charge in [-0.25, -0.2) is 0 Å². The fourth-order valence-corrected chi connectivity index (χ4v) is 2.60. The van der Waals surface area contributed by atoms with Gasteiger partial charge >= 0.3 is 0 Å². The number of ether oxygens (including phenoxy) is 2. The Labute approximate surface area is 170 Å². The van der Waals surface area contributed by atoms with Crippen molar-refractivity contribution in [2.75, 3.05) is 19.5 Å². The van der Waals surface area contributed by atoms with Crippen molar-refractivity contribution in [3.63, 3.8) is 0 Å². The summed E-state index contributed by atoms with van der Waals surface area (Å²) < 4.78 is 10.2. The van der Waals surface area contributed by atoms with E-state index in [1.54, 1.807) is 12.1 Å². The van der Waals surface area contributed by atoms with E-state index in [1.165, 1.54) is 32.4 Å². The van der Waals surface area contributed by atoms with Crippen LogP contribution in [0.4, 0.5) is 11.4 Å². The van der Waals surface area contributed by atoms with Crippen LogP contribution in [0.2, 0.25) is 10.0 Å². The zero-order chi connectivity index (χ0) is 20.8. The summed E-state index contributed by atoms with van der Waals surface area (Å²) in [6.07, 6.45) is 1.08. The minimum atomic E-state index is -0.809. The van der Waals surface area contributed by atoms with Crippen LogP contribution < -0.4 is 14.8 Å². The molecular weight excluding hydrogens is 409 g/mol. The summed E-state index contributed by atoms with van der Waals surface area (Å²) in [7, 11) is 2.69. The van der Waals surface area contributed by atoms with Gasteiger partial charge in [0, 0.05) is 0 Å². The Balaban J connectivity index is 2.48. The molecule has 0 radical (unpaired) electrons. The lowest BCUT2D eigenvalue weighted by Crippen LogP contribution is -2.14. The van der Waals surface area contributed by atoms with E-state index < -0.39 is 10.8 Å². The van der Waals surface area contributed by atoms with Gasteiger partial charge in [0.15, 0.2) is 11.5 Å². The predicted molar refractivity (Wildman–Crippen MR) is 105 cm³/mol. The Morgan fingerprint density at radius 3 is 2.46 bits per heavy atom. The molecule has 0 atom stereocenters. The van der Waals surface area contributed by atoms with Crippen LogP contribution in [0.5, 0.6) is 11.5 Å². The Morgan fingerprint density at radius 2 is 1.89 bits per heavy atom. The second kappa shape index (κ2) is 9.08. The highest BCUT2D eigenvalue weighted by Crippen LogP contribution is 2.36. The molecule has 28 heavy (non-hydrogen) atoms. The van der Waals surface area contributed by atoms with E-state index in [-0.39, 0.29) is 44.1 Å². The second-order valence-corrected chi connectivity index (χ2v) is 6.03. The number of hydrogen-bond acceptors (Lipinski definition) is 6. The molecule has 1 N–H and O–H groups in total. The van der Waals surface area contributed by atoms with Crippen LogP contribution in [0.1, 0.15) is 5.56 Å². The van der Waals surface area contributed by atoms with Crippen LogP contribution in [0.15, 0.2) is 35.9 Å². The lowest BCUT2D eigenvalue weighted by Gasteiger charge is -2.10. The van der Waals surface area contributed by atoms with E-state index in [9.17, 15) is 20.2 Å². The molecule has 0 saturated carbocycles. The third-order valence-electron chi connectivity index (χ3n) is 3.59. The number of nitriles is 1. The number of carbonyl (C=O) groups excluding carboxylic acids is 1. The van der Waals surface area contributed by atoms with E-state index in [0.29, 0.717) is 0 Å². The molecule has 2 rings (SSSR count). The van der Waals surface area contributed by atoms with Gasteiger partial charge in [-0.2, -0.15) is 5.26 Å². The number of nitrogens with one attached hydrogen (secondary N) is 1. The van der Waals surface area contributed by atoms with Gasteiger partial charge in [-0.1, -0.05) is 29.3 Å². The molecule has 1 amide bonds. The third kappa shape index (κ3) is 4.52. The standard InChI is InChI=1S/C18H13Cl2N3O5/c1-27-15-7-10(14(23(25)26)8-16(15)28-2)6-11(9-21)18(24)22-13-5-3-4-12(19)17(13)20/h3-8H,1-2H3,(H,22,24)/b11-6-. The van der Waals surface area contributed by atoms with Crippen molar-refractivity contribution in [1.29, 1.82) is 5.26 Å². The van der Waals surface area contributed by atoms with Crippen molar-refractivity contribution in [2.24, 2.45) is 0 Å². The van der Waals surface area contributed by atoms with Crippen molar-refractivity contribution in [3.8, 4) is 17.6 Å². The van der Waals surface area contributed by atoms with Gasteiger partial charge in [0.25, 0.3) is 11.6 Å². The minimum Gasteiger partial charge on any atom is -0.493 e. The lowest BCUT2D eigenvalue weighted by atomic mass is 10.1. The summed E-state index contributed by atoms with van der Waals surface area (Å²) in [5.41, 5.74) is -0.556. The number of methoxy groups -OCH3 is 2. The van der Waals surface area contributed by atoms with Crippen LogP contribution >= 0.6 is 23.2 Å². The SMILES string of the molecule is COc1cc(/C=C(/C#N)C(=O)Nc2cccc(Cl)c2Cl)c([N+](=O)[O-])cc1OC. The molecule has 0 heterocycles. The summed E-state index contributed by atoms with van der Waals surface area (Å²) in [4.78, 5) is 23.1. The maximum Gasteiger partial charge on any atom is 0.280 e. The van der Waals surface area contributed by atoms with Crippen molar-refractivity contribution >= 4 is 46.6 Å². The van der Waals surface area contributed by atoms with E-state index in [1.807, 2.05) is 0 Å². The zero-order valence-corrected chi connectivity index (χ0v) is 16.2. The highest BCUT2D eigenvalue weighted by molar-refractivity contribution is 6.44. The Kier molecular flexibility index (Phi) is 6.82. The van der Waals surface area contributed by atoms with Gasteiger partial charge in [-0.3, -0.25) is 14.9 Å². The summed E-state index contributed by atoms with van der Waals surface area (Å²) in [5.74, 6) is -0.467. The number of carbonyl (C=O) groups is 1. The van der Waals surface area contributed by atoms with Gasteiger partial charge in [-0.15, -0.1) is 0 Å².